The third kappa shape index (κ3) is 4.28. The number of ether oxygens (including phenoxy) is 2. The summed E-state index contributed by atoms with van der Waals surface area (Å²) in [5, 5.41) is 12.0. The fraction of sp³-hybridized carbons (Fsp3) is 0.478. The van der Waals surface area contributed by atoms with E-state index in [0.717, 1.165) is 24.2 Å². The maximum absolute atomic E-state index is 12.0. The van der Waals surface area contributed by atoms with Crippen LogP contribution in [-0.2, 0) is 5.60 Å². The monoisotopic (exact) mass is 369 g/mol. The Labute approximate surface area is 162 Å². The Kier molecular flexibility index (Phi) is 6.40. The molecule has 4 heteroatoms. The standard InChI is InChI=1S/C23H31NO3/c1-18(24-14-8-5-9-15-24)17-23(25,19-10-6-4-7-11-19)21-16-20(26-2)12-13-22(21)27-3/h4,6-7,10-13,16,18,25H,5,8-9,14-15,17H2,1-3H3. The van der Waals surface area contributed by atoms with Crippen LogP contribution in [0.25, 0.3) is 0 Å². The van der Waals surface area contributed by atoms with Gasteiger partial charge in [0.25, 0.3) is 0 Å². The van der Waals surface area contributed by atoms with Crippen LogP contribution in [0.2, 0.25) is 0 Å². The Morgan fingerprint density at radius 1 is 1.00 bits per heavy atom. The molecule has 0 saturated carbocycles. The normalized spacial score (nSPS) is 18.5. The van der Waals surface area contributed by atoms with Gasteiger partial charge in [0, 0.05) is 11.6 Å². The lowest BCUT2D eigenvalue weighted by Gasteiger charge is -2.39. The Hall–Kier alpha value is -2.04. The highest BCUT2D eigenvalue weighted by Crippen LogP contribution is 2.41. The van der Waals surface area contributed by atoms with Gasteiger partial charge in [-0.15, -0.1) is 0 Å². The molecule has 1 N–H and O–H groups in total. The van der Waals surface area contributed by atoms with E-state index in [2.05, 4.69) is 11.8 Å². The fourth-order valence-electron chi connectivity index (χ4n) is 4.15. The van der Waals surface area contributed by atoms with Crippen LogP contribution in [0.3, 0.4) is 0 Å². The summed E-state index contributed by atoms with van der Waals surface area (Å²) in [5.74, 6) is 1.39. The second kappa shape index (κ2) is 8.77. The van der Waals surface area contributed by atoms with E-state index in [1.165, 1.54) is 19.3 Å². The molecule has 4 nitrogen and oxygen atoms in total. The topological polar surface area (TPSA) is 41.9 Å². The average molecular weight is 370 g/mol. The number of likely N-dealkylation sites (tertiary alicyclic amines) is 1. The first-order chi connectivity index (χ1) is 13.1. The Bertz CT molecular complexity index is 728. The molecular weight excluding hydrogens is 338 g/mol. The van der Waals surface area contributed by atoms with Crippen molar-refractivity contribution in [3.63, 3.8) is 0 Å². The quantitative estimate of drug-likeness (QED) is 0.794. The second-order valence-electron chi connectivity index (χ2n) is 7.44. The Balaban J connectivity index is 2.03. The number of hydrogen-bond donors (Lipinski definition) is 1. The molecule has 1 aliphatic heterocycles. The molecule has 2 aromatic rings. The van der Waals surface area contributed by atoms with E-state index in [4.69, 9.17) is 9.47 Å². The van der Waals surface area contributed by atoms with Gasteiger partial charge in [-0.2, -0.15) is 0 Å². The van der Waals surface area contributed by atoms with Crippen molar-refractivity contribution >= 4 is 0 Å². The molecule has 3 rings (SSSR count). The lowest BCUT2D eigenvalue weighted by Crippen LogP contribution is -2.42. The summed E-state index contributed by atoms with van der Waals surface area (Å²) in [5.41, 5.74) is 0.470. The van der Waals surface area contributed by atoms with Gasteiger partial charge in [-0.25, -0.2) is 0 Å². The largest absolute Gasteiger partial charge is 0.497 e. The van der Waals surface area contributed by atoms with Crippen LogP contribution >= 0.6 is 0 Å². The van der Waals surface area contributed by atoms with Gasteiger partial charge >= 0.3 is 0 Å². The maximum Gasteiger partial charge on any atom is 0.125 e. The third-order valence-electron chi connectivity index (χ3n) is 5.71. The van der Waals surface area contributed by atoms with Gasteiger partial charge in [0.15, 0.2) is 0 Å². The molecule has 1 aliphatic rings. The number of rotatable bonds is 7. The molecule has 0 bridgehead atoms. The van der Waals surface area contributed by atoms with Crippen LogP contribution in [0.4, 0.5) is 0 Å². The summed E-state index contributed by atoms with van der Waals surface area (Å²) in [4.78, 5) is 2.49. The molecule has 146 valence electrons. The summed E-state index contributed by atoms with van der Waals surface area (Å²) < 4.78 is 11.0. The molecule has 0 aromatic heterocycles. The molecule has 1 saturated heterocycles. The minimum absolute atomic E-state index is 0.256. The van der Waals surface area contributed by atoms with E-state index in [9.17, 15) is 5.11 Å². The molecule has 0 spiro atoms. The van der Waals surface area contributed by atoms with E-state index in [-0.39, 0.29) is 6.04 Å². The predicted octanol–water partition coefficient (Wildman–Crippen LogP) is 4.20. The van der Waals surface area contributed by atoms with Crippen LogP contribution in [-0.4, -0.2) is 43.4 Å². The first kappa shape index (κ1) is 19.7. The molecule has 0 aliphatic carbocycles. The zero-order chi connectivity index (χ0) is 19.3. The van der Waals surface area contributed by atoms with Crippen molar-refractivity contribution in [3.05, 3.63) is 59.7 Å². The maximum atomic E-state index is 12.0. The highest BCUT2D eigenvalue weighted by atomic mass is 16.5. The number of methoxy groups -OCH3 is 2. The van der Waals surface area contributed by atoms with Gasteiger partial charge in [-0.05, 0) is 63.0 Å². The first-order valence-corrected chi connectivity index (χ1v) is 9.83. The van der Waals surface area contributed by atoms with Crippen LogP contribution < -0.4 is 9.47 Å². The Morgan fingerprint density at radius 2 is 1.70 bits per heavy atom. The molecule has 2 atom stereocenters. The molecule has 0 amide bonds. The van der Waals surface area contributed by atoms with Gasteiger partial charge < -0.3 is 19.5 Å². The summed E-state index contributed by atoms with van der Waals surface area (Å²) >= 11 is 0. The van der Waals surface area contributed by atoms with Gasteiger partial charge in [0.05, 0.1) is 14.2 Å². The summed E-state index contributed by atoms with van der Waals surface area (Å²) in [7, 11) is 3.29. The molecular formula is C23H31NO3. The molecule has 1 fully saturated rings. The summed E-state index contributed by atoms with van der Waals surface area (Å²) in [6.45, 7) is 4.41. The summed E-state index contributed by atoms with van der Waals surface area (Å²) in [6, 6.07) is 15.8. The molecule has 2 aromatic carbocycles. The lowest BCUT2D eigenvalue weighted by molar-refractivity contribution is 0.0302. The van der Waals surface area contributed by atoms with Crippen molar-refractivity contribution < 1.29 is 14.6 Å². The number of aliphatic hydroxyl groups is 1. The highest BCUT2D eigenvalue weighted by molar-refractivity contribution is 5.48. The summed E-state index contributed by atoms with van der Waals surface area (Å²) in [6.07, 6.45) is 4.36. The zero-order valence-electron chi connectivity index (χ0n) is 16.6. The van der Waals surface area contributed by atoms with Gasteiger partial charge in [-0.1, -0.05) is 36.8 Å². The zero-order valence-corrected chi connectivity index (χ0v) is 16.6. The minimum Gasteiger partial charge on any atom is -0.497 e. The number of benzene rings is 2. The smallest absolute Gasteiger partial charge is 0.125 e. The van der Waals surface area contributed by atoms with Crippen molar-refractivity contribution in [2.24, 2.45) is 0 Å². The first-order valence-electron chi connectivity index (χ1n) is 9.83. The van der Waals surface area contributed by atoms with Crippen molar-refractivity contribution in [1.29, 1.82) is 0 Å². The van der Waals surface area contributed by atoms with Crippen molar-refractivity contribution in [2.45, 2.75) is 44.2 Å². The van der Waals surface area contributed by atoms with E-state index in [1.54, 1.807) is 14.2 Å². The van der Waals surface area contributed by atoms with Crippen LogP contribution in [0.1, 0.15) is 43.7 Å². The van der Waals surface area contributed by atoms with Gasteiger partial charge in [-0.3, -0.25) is 0 Å². The van der Waals surface area contributed by atoms with Gasteiger partial charge in [0.1, 0.15) is 17.1 Å². The van der Waals surface area contributed by atoms with Gasteiger partial charge in [0.2, 0.25) is 0 Å². The second-order valence-corrected chi connectivity index (χ2v) is 7.44. The molecule has 0 radical (unpaired) electrons. The van der Waals surface area contributed by atoms with Crippen LogP contribution in [0, 0.1) is 0 Å². The minimum atomic E-state index is -1.15. The number of piperidine rings is 1. The van der Waals surface area contributed by atoms with Crippen LogP contribution in [0.15, 0.2) is 48.5 Å². The SMILES string of the molecule is COc1ccc(OC)c(C(O)(CC(C)N2CCCCC2)c2ccccc2)c1. The van der Waals surface area contributed by atoms with E-state index in [1.807, 2.05) is 48.5 Å². The van der Waals surface area contributed by atoms with Crippen molar-refractivity contribution in [1.82, 2.24) is 4.90 Å². The van der Waals surface area contributed by atoms with Crippen molar-refractivity contribution in [3.8, 4) is 11.5 Å². The number of hydrogen-bond acceptors (Lipinski definition) is 4. The fourth-order valence-corrected chi connectivity index (χ4v) is 4.15. The Morgan fingerprint density at radius 3 is 2.33 bits per heavy atom. The highest BCUT2D eigenvalue weighted by Gasteiger charge is 2.37. The molecule has 1 heterocycles. The van der Waals surface area contributed by atoms with Crippen LogP contribution in [0.5, 0.6) is 11.5 Å². The molecule has 2 unspecified atom stereocenters. The van der Waals surface area contributed by atoms with E-state index < -0.39 is 5.60 Å². The number of nitrogens with zero attached hydrogens (tertiary/aromatic N) is 1. The van der Waals surface area contributed by atoms with Crippen molar-refractivity contribution in [2.75, 3.05) is 27.3 Å². The van der Waals surface area contributed by atoms with E-state index >= 15 is 0 Å². The molecule has 27 heavy (non-hydrogen) atoms. The average Bonchev–Trinajstić information content (AvgIpc) is 2.74. The van der Waals surface area contributed by atoms with E-state index in [0.29, 0.717) is 17.9 Å². The third-order valence-corrected chi connectivity index (χ3v) is 5.71. The predicted molar refractivity (Wildman–Crippen MR) is 108 cm³/mol. The lowest BCUT2D eigenvalue weighted by atomic mass is 9.80.